The smallest absolute Gasteiger partial charge is 0.422 e. The van der Waals surface area contributed by atoms with Gasteiger partial charge in [-0.1, -0.05) is 35.9 Å². The highest BCUT2D eigenvalue weighted by Gasteiger charge is 2.27. The van der Waals surface area contributed by atoms with E-state index in [2.05, 4.69) is 9.53 Å². The predicted octanol–water partition coefficient (Wildman–Crippen LogP) is 3.11. The standard InChI is InChI=1S/C16H13ClN2O3/c1-21-16(20)15(19-18)13-4-2-3-5-14(13)22-10-11-6-8-12(17)9-7-11/h2-9H,10H2,1H3. The Labute approximate surface area is 132 Å². The topological polar surface area (TPSA) is 71.9 Å². The van der Waals surface area contributed by atoms with E-state index >= 15 is 0 Å². The van der Waals surface area contributed by atoms with Crippen LogP contribution < -0.4 is 4.74 Å². The summed E-state index contributed by atoms with van der Waals surface area (Å²) >= 11 is 5.83. The van der Waals surface area contributed by atoms with Gasteiger partial charge in [-0.15, -0.1) is 0 Å². The average Bonchev–Trinajstić information content (AvgIpc) is 2.56. The molecule has 0 aliphatic heterocycles. The summed E-state index contributed by atoms with van der Waals surface area (Å²) in [5.41, 5.74) is 10.1. The lowest BCUT2D eigenvalue weighted by Crippen LogP contribution is -2.19. The molecule has 0 saturated carbocycles. The third-order valence-electron chi connectivity index (χ3n) is 2.93. The van der Waals surface area contributed by atoms with Gasteiger partial charge in [-0.05, 0) is 29.8 Å². The molecule has 0 saturated heterocycles. The summed E-state index contributed by atoms with van der Waals surface area (Å²) in [6.07, 6.45) is 0. The molecule has 0 fully saturated rings. The molecule has 22 heavy (non-hydrogen) atoms. The first kappa shape index (κ1) is 15.8. The van der Waals surface area contributed by atoms with Crippen molar-refractivity contribution in [1.29, 1.82) is 0 Å². The maximum atomic E-state index is 11.6. The third kappa shape index (κ3) is 3.73. The number of carbonyl (C=O) groups is 1. The lowest BCUT2D eigenvalue weighted by atomic mass is 10.1. The van der Waals surface area contributed by atoms with Gasteiger partial charge in [-0.2, -0.15) is 4.79 Å². The van der Waals surface area contributed by atoms with Gasteiger partial charge in [-0.25, -0.2) is 4.79 Å². The third-order valence-corrected chi connectivity index (χ3v) is 3.18. The monoisotopic (exact) mass is 316 g/mol. The number of para-hydroxylation sites is 1. The van der Waals surface area contributed by atoms with Gasteiger partial charge in [0.15, 0.2) is 0 Å². The van der Waals surface area contributed by atoms with Crippen LogP contribution >= 0.6 is 11.6 Å². The molecule has 6 heteroatoms. The Morgan fingerprint density at radius 2 is 1.86 bits per heavy atom. The molecule has 0 bridgehead atoms. The zero-order valence-corrected chi connectivity index (χ0v) is 12.6. The van der Waals surface area contributed by atoms with Crippen LogP contribution in [0.4, 0.5) is 0 Å². The molecule has 0 aliphatic rings. The summed E-state index contributed by atoms with van der Waals surface area (Å²) in [5.74, 6) is -0.333. The summed E-state index contributed by atoms with van der Waals surface area (Å²) in [6, 6.07) is 14.0. The van der Waals surface area contributed by atoms with Crippen LogP contribution in [0.25, 0.3) is 5.53 Å². The van der Waals surface area contributed by atoms with Gasteiger partial charge in [0.2, 0.25) is 0 Å². The molecule has 0 heterocycles. The summed E-state index contributed by atoms with van der Waals surface area (Å²) in [4.78, 5) is 14.6. The molecule has 0 aromatic heterocycles. The quantitative estimate of drug-likeness (QED) is 0.368. The van der Waals surface area contributed by atoms with E-state index in [9.17, 15) is 4.79 Å². The second-order valence-corrected chi connectivity index (χ2v) is 4.79. The number of ether oxygens (including phenoxy) is 2. The number of halogens is 1. The van der Waals surface area contributed by atoms with Crippen LogP contribution in [0.15, 0.2) is 48.5 Å². The summed E-state index contributed by atoms with van der Waals surface area (Å²) in [6.45, 7) is 0.286. The summed E-state index contributed by atoms with van der Waals surface area (Å²) in [7, 11) is 1.21. The zero-order valence-electron chi connectivity index (χ0n) is 11.8. The van der Waals surface area contributed by atoms with Crippen molar-refractivity contribution >= 4 is 23.3 Å². The number of nitrogens with zero attached hydrogens (tertiary/aromatic N) is 2. The van der Waals surface area contributed by atoms with Crippen LogP contribution in [0.2, 0.25) is 5.02 Å². The Morgan fingerprint density at radius 3 is 2.50 bits per heavy atom. The largest absolute Gasteiger partial charge is 0.488 e. The Kier molecular flexibility index (Phi) is 5.31. The van der Waals surface area contributed by atoms with Gasteiger partial charge in [-0.3, -0.25) is 0 Å². The van der Waals surface area contributed by atoms with E-state index in [1.54, 1.807) is 36.4 Å². The van der Waals surface area contributed by atoms with Crippen molar-refractivity contribution in [2.45, 2.75) is 6.61 Å². The highest BCUT2D eigenvalue weighted by Crippen LogP contribution is 2.20. The maximum Gasteiger partial charge on any atom is 0.422 e. The second kappa shape index (κ2) is 7.41. The normalized spacial score (nSPS) is 9.73. The van der Waals surface area contributed by atoms with E-state index in [0.717, 1.165) is 5.56 Å². The Bertz CT molecular complexity index is 722. The molecule has 2 aromatic rings. The van der Waals surface area contributed by atoms with Gasteiger partial charge in [0.05, 0.1) is 7.11 Å². The molecule has 2 aromatic carbocycles. The van der Waals surface area contributed by atoms with Crippen LogP contribution in [-0.2, 0) is 16.1 Å². The predicted molar refractivity (Wildman–Crippen MR) is 82.0 cm³/mol. The fourth-order valence-corrected chi connectivity index (χ4v) is 1.96. The van der Waals surface area contributed by atoms with E-state index in [0.29, 0.717) is 16.3 Å². The first-order valence-corrected chi connectivity index (χ1v) is 6.80. The van der Waals surface area contributed by atoms with E-state index < -0.39 is 5.97 Å². The van der Waals surface area contributed by atoms with Crippen LogP contribution in [0.1, 0.15) is 11.1 Å². The molecule has 0 amide bonds. The summed E-state index contributed by atoms with van der Waals surface area (Å²) < 4.78 is 10.3. The molecule has 0 spiro atoms. The molecule has 0 radical (unpaired) electrons. The Balaban J connectivity index is 2.23. The minimum absolute atomic E-state index is 0.214. The molecule has 0 N–H and O–H groups in total. The van der Waals surface area contributed by atoms with Crippen LogP contribution in [0, 0.1) is 0 Å². The minimum Gasteiger partial charge on any atom is -0.488 e. The second-order valence-electron chi connectivity index (χ2n) is 4.35. The van der Waals surface area contributed by atoms with Gasteiger partial charge >= 0.3 is 11.7 Å². The van der Waals surface area contributed by atoms with E-state index in [1.165, 1.54) is 7.11 Å². The minimum atomic E-state index is -0.745. The van der Waals surface area contributed by atoms with Crippen LogP contribution in [0.5, 0.6) is 5.75 Å². The molecule has 0 unspecified atom stereocenters. The van der Waals surface area contributed by atoms with Crippen molar-refractivity contribution in [2.24, 2.45) is 0 Å². The molecule has 5 nitrogen and oxygen atoms in total. The van der Waals surface area contributed by atoms with E-state index in [1.807, 2.05) is 12.1 Å². The van der Waals surface area contributed by atoms with Gasteiger partial charge in [0.1, 0.15) is 17.9 Å². The molecular weight excluding hydrogens is 304 g/mol. The lowest BCUT2D eigenvalue weighted by Gasteiger charge is -2.09. The van der Waals surface area contributed by atoms with Crippen LogP contribution in [0.3, 0.4) is 0 Å². The zero-order chi connectivity index (χ0) is 15.9. The van der Waals surface area contributed by atoms with Gasteiger partial charge in [0, 0.05) is 5.02 Å². The van der Waals surface area contributed by atoms with E-state index in [4.69, 9.17) is 21.9 Å². The highest BCUT2D eigenvalue weighted by molar-refractivity contribution is 6.41. The molecular formula is C16H13ClN2O3. The van der Waals surface area contributed by atoms with Crippen molar-refractivity contribution in [2.75, 3.05) is 7.11 Å². The SMILES string of the molecule is COC(=O)C(=[N+]=[N-])c1ccccc1OCc1ccc(Cl)cc1. The average molecular weight is 317 g/mol. The molecule has 0 aliphatic carbocycles. The number of hydrogen-bond acceptors (Lipinski definition) is 3. The molecule has 0 atom stereocenters. The van der Waals surface area contributed by atoms with Gasteiger partial charge in [0.25, 0.3) is 0 Å². The first-order valence-electron chi connectivity index (χ1n) is 6.42. The number of benzene rings is 2. The Hall–Kier alpha value is -2.62. The number of hydrogen-bond donors (Lipinski definition) is 0. The number of esters is 1. The number of rotatable bonds is 5. The van der Waals surface area contributed by atoms with Crippen molar-refractivity contribution < 1.29 is 19.1 Å². The van der Waals surface area contributed by atoms with E-state index in [-0.39, 0.29) is 12.3 Å². The number of methoxy groups -OCH3 is 1. The van der Waals surface area contributed by atoms with Crippen molar-refractivity contribution in [1.82, 2.24) is 0 Å². The number of carbonyl (C=O) groups excluding carboxylic acids is 1. The van der Waals surface area contributed by atoms with Crippen molar-refractivity contribution in [3.8, 4) is 5.75 Å². The Morgan fingerprint density at radius 1 is 1.18 bits per heavy atom. The fourth-order valence-electron chi connectivity index (χ4n) is 1.83. The fraction of sp³-hybridized carbons (Fsp3) is 0.125. The first-order chi connectivity index (χ1) is 10.7. The van der Waals surface area contributed by atoms with Gasteiger partial charge < -0.3 is 15.0 Å². The maximum absolute atomic E-state index is 11.6. The molecule has 2 rings (SSSR count). The van der Waals surface area contributed by atoms with Crippen molar-refractivity contribution in [3.63, 3.8) is 0 Å². The van der Waals surface area contributed by atoms with Crippen molar-refractivity contribution in [3.05, 3.63) is 70.2 Å². The lowest BCUT2D eigenvalue weighted by molar-refractivity contribution is -0.137. The highest BCUT2D eigenvalue weighted by atomic mass is 35.5. The molecule has 112 valence electrons. The van der Waals surface area contributed by atoms with Crippen LogP contribution in [-0.4, -0.2) is 23.6 Å². The summed E-state index contributed by atoms with van der Waals surface area (Å²) in [5, 5.41) is 0.643.